The molecule has 0 radical (unpaired) electrons. The van der Waals surface area contributed by atoms with E-state index in [-0.39, 0.29) is 13.0 Å². The number of methoxy groups -OCH3 is 1. The smallest absolute Gasteiger partial charge is 0.338 e. The van der Waals surface area contributed by atoms with E-state index in [1.807, 2.05) is 6.08 Å². The van der Waals surface area contributed by atoms with E-state index in [1.54, 1.807) is 31.4 Å². The summed E-state index contributed by atoms with van der Waals surface area (Å²) < 4.78 is 15.7. The molecule has 1 aromatic carbocycles. The second kappa shape index (κ2) is 10.1. The van der Waals surface area contributed by atoms with Crippen LogP contribution < -0.4 is 4.74 Å². The van der Waals surface area contributed by atoms with Gasteiger partial charge in [0.05, 0.1) is 19.3 Å². The fourth-order valence-corrected chi connectivity index (χ4v) is 2.94. The second-order valence-corrected chi connectivity index (χ2v) is 6.79. The highest BCUT2D eigenvalue weighted by Crippen LogP contribution is 2.32. The van der Waals surface area contributed by atoms with Crippen LogP contribution in [0.25, 0.3) is 0 Å². The first-order valence-electron chi connectivity index (χ1n) is 9.38. The van der Waals surface area contributed by atoms with Gasteiger partial charge >= 0.3 is 11.9 Å². The van der Waals surface area contributed by atoms with E-state index >= 15 is 0 Å². The van der Waals surface area contributed by atoms with Crippen molar-refractivity contribution >= 4 is 11.9 Å². The summed E-state index contributed by atoms with van der Waals surface area (Å²) in [6, 6.07) is 6.50. The Morgan fingerprint density at radius 1 is 1.26 bits per heavy atom. The fourth-order valence-electron chi connectivity index (χ4n) is 2.94. The number of hydrogen-bond acceptors (Lipinski definition) is 6. The molecule has 1 aliphatic rings. The molecule has 1 atom stereocenters. The summed E-state index contributed by atoms with van der Waals surface area (Å²) in [4.78, 5) is 24.3. The molecule has 0 saturated carbocycles. The highest BCUT2D eigenvalue weighted by Gasteiger charge is 2.44. The Balaban J connectivity index is 1.91. The van der Waals surface area contributed by atoms with Crippen molar-refractivity contribution in [1.29, 1.82) is 0 Å². The molecule has 0 bridgehead atoms. The van der Waals surface area contributed by atoms with Gasteiger partial charge in [0.2, 0.25) is 0 Å². The van der Waals surface area contributed by atoms with Crippen molar-refractivity contribution in [2.45, 2.75) is 51.0 Å². The number of unbranched alkanes of at least 4 members (excludes halogenated alkanes) is 4. The number of allylic oxidation sites excluding steroid dienone is 1. The molecule has 27 heavy (non-hydrogen) atoms. The van der Waals surface area contributed by atoms with Crippen LogP contribution in [-0.4, -0.2) is 43.0 Å². The topological polar surface area (TPSA) is 82.1 Å². The Bertz CT molecular complexity index is 664. The minimum absolute atomic E-state index is 0.187. The Labute approximate surface area is 160 Å². The fraction of sp³-hybridized carbons (Fsp3) is 0.524. The summed E-state index contributed by atoms with van der Waals surface area (Å²) in [5.74, 6) is -0.352. The van der Waals surface area contributed by atoms with Gasteiger partial charge in [0.15, 0.2) is 5.60 Å². The summed E-state index contributed by atoms with van der Waals surface area (Å²) in [7, 11) is 1.54. The standard InChI is InChI=1S/C21H28O6/c1-3-4-5-6-7-8-17-13-21(14-22,27-20(17)24)15-26-19(23)16-9-11-18(25-2)12-10-16/h8-12,22H,3-7,13-15H2,1-2H3/b17-8-. The lowest BCUT2D eigenvalue weighted by Crippen LogP contribution is -2.39. The van der Waals surface area contributed by atoms with Crippen LogP contribution in [0.15, 0.2) is 35.9 Å². The van der Waals surface area contributed by atoms with Gasteiger partial charge in [0, 0.05) is 12.0 Å². The normalized spacial score (nSPS) is 20.6. The number of benzene rings is 1. The second-order valence-electron chi connectivity index (χ2n) is 6.79. The van der Waals surface area contributed by atoms with Crippen LogP contribution in [0.5, 0.6) is 5.75 Å². The molecule has 0 spiro atoms. The van der Waals surface area contributed by atoms with Crippen LogP contribution in [0.4, 0.5) is 0 Å². The SMILES string of the molecule is CCCCCC/C=C1/CC(CO)(COC(=O)c2ccc(OC)cc2)OC1=O. The average molecular weight is 376 g/mol. The van der Waals surface area contributed by atoms with E-state index < -0.39 is 24.1 Å². The van der Waals surface area contributed by atoms with Gasteiger partial charge in [-0.1, -0.05) is 32.3 Å². The van der Waals surface area contributed by atoms with E-state index in [0.717, 1.165) is 25.7 Å². The zero-order chi connectivity index (χ0) is 19.7. The van der Waals surface area contributed by atoms with Crippen molar-refractivity contribution in [2.24, 2.45) is 0 Å². The van der Waals surface area contributed by atoms with Gasteiger partial charge in [-0.2, -0.15) is 0 Å². The van der Waals surface area contributed by atoms with Crippen LogP contribution in [-0.2, 0) is 14.3 Å². The Morgan fingerprint density at radius 2 is 2.00 bits per heavy atom. The number of hydrogen-bond donors (Lipinski definition) is 1. The zero-order valence-corrected chi connectivity index (χ0v) is 16.0. The van der Waals surface area contributed by atoms with Crippen molar-refractivity contribution in [3.63, 3.8) is 0 Å². The molecule has 2 rings (SSSR count). The van der Waals surface area contributed by atoms with E-state index in [2.05, 4.69) is 6.92 Å². The Morgan fingerprint density at radius 3 is 2.63 bits per heavy atom. The van der Waals surface area contributed by atoms with Crippen LogP contribution >= 0.6 is 0 Å². The summed E-state index contributed by atoms with van der Waals surface area (Å²) in [5, 5.41) is 9.73. The molecule has 1 N–H and O–H groups in total. The summed E-state index contributed by atoms with van der Waals surface area (Å²) >= 11 is 0. The first kappa shape index (κ1) is 21.0. The maximum absolute atomic E-state index is 12.2. The number of aliphatic hydroxyl groups excluding tert-OH is 1. The van der Waals surface area contributed by atoms with Crippen LogP contribution in [0, 0.1) is 0 Å². The van der Waals surface area contributed by atoms with Crippen molar-refractivity contribution in [2.75, 3.05) is 20.3 Å². The largest absolute Gasteiger partial charge is 0.497 e. The Kier molecular flexibility index (Phi) is 7.85. The van der Waals surface area contributed by atoms with Crippen molar-refractivity contribution < 1.29 is 28.9 Å². The zero-order valence-electron chi connectivity index (χ0n) is 16.0. The van der Waals surface area contributed by atoms with Gasteiger partial charge in [-0.25, -0.2) is 9.59 Å². The molecule has 0 aliphatic carbocycles. The van der Waals surface area contributed by atoms with Gasteiger partial charge in [-0.05, 0) is 37.1 Å². The minimum Gasteiger partial charge on any atom is -0.497 e. The molecule has 1 saturated heterocycles. The third-order valence-electron chi connectivity index (χ3n) is 4.61. The lowest BCUT2D eigenvalue weighted by Gasteiger charge is -2.24. The molecule has 1 aromatic rings. The van der Waals surface area contributed by atoms with Crippen LogP contribution in [0.2, 0.25) is 0 Å². The minimum atomic E-state index is -1.20. The number of rotatable bonds is 10. The maximum Gasteiger partial charge on any atom is 0.338 e. The Hall–Kier alpha value is -2.34. The predicted molar refractivity (Wildman–Crippen MR) is 101 cm³/mol. The van der Waals surface area contributed by atoms with Gasteiger partial charge in [-0.3, -0.25) is 0 Å². The first-order valence-corrected chi connectivity index (χ1v) is 9.38. The van der Waals surface area contributed by atoms with Crippen LogP contribution in [0.3, 0.4) is 0 Å². The summed E-state index contributed by atoms with van der Waals surface area (Å²) in [6.07, 6.45) is 7.40. The van der Waals surface area contributed by atoms with E-state index in [9.17, 15) is 14.7 Å². The van der Waals surface area contributed by atoms with Crippen molar-refractivity contribution in [3.05, 3.63) is 41.5 Å². The van der Waals surface area contributed by atoms with Gasteiger partial charge in [0.1, 0.15) is 12.4 Å². The number of aliphatic hydroxyl groups is 1. The average Bonchev–Trinajstić information content (AvgIpc) is 3.02. The first-order chi connectivity index (χ1) is 13.0. The van der Waals surface area contributed by atoms with Crippen molar-refractivity contribution in [1.82, 2.24) is 0 Å². The highest BCUT2D eigenvalue weighted by atomic mass is 16.6. The number of ether oxygens (including phenoxy) is 3. The van der Waals surface area contributed by atoms with E-state index in [1.165, 1.54) is 6.42 Å². The maximum atomic E-state index is 12.2. The number of esters is 2. The molecule has 148 valence electrons. The number of cyclic esters (lactones) is 1. The molecule has 0 amide bonds. The molecule has 6 nitrogen and oxygen atoms in total. The third kappa shape index (κ3) is 5.82. The van der Waals surface area contributed by atoms with Crippen molar-refractivity contribution in [3.8, 4) is 5.75 Å². The van der Waals surface area contributed by atoms with E-state index in [0.29, 0.717) is 16.9 Å². The number of carbonyl (C=O) groups excluding carboxylic acids is 2. The van der Waals surface area contributed by atoms with E-state index in [4.69, 9.17) is 14.2 Å². The number of carbonyl (C=O) groups is 2. The molecule has 1 aliphatic heterocycles. The highest BCUT2D eigenvalue weighted by molar-refractivity contribution is 5.92. The van der Waals surface area contributed by atoms with Gasteiger partial charge in [-0.15, -0.1) is 0 Å². The lowest BCUT2D eigenvalue weighted by molar-refractivity contribution is -0.154. The van der Waals surface area contributed by atoms with Gasteiger partial charge in [0.25, 0.3) is 0 Å². The molecular weight excluding hydrogens is 348 g/mol. The molecule has 0 aromatic heterocycles. The molecule has 1 unspecified atom stereocenters. The third-order valence-corrected chi connectivity index (χ3v) is 4.61. The van der Waals surface area contributed by atoms with Gasteiger partial charge < -0.3 is 19.3 Å². The molecular formula is C21H28O6. The molecule has 6 heteroatoms. The monoisotopic (exact) mass is 376 g/mol. The quantitative estimate of drug-likeness (QED) is 0.383. The van der Waals surface area contributed by atoms with Crippen LogP contribution in [0.1, 0.15) is 55.8 Å². The summed E-state index contributed by atoms with van der Waals surface area (Å²) in [5.41, 5.74) is -0.296. The summed E-state index contributed by atoms with van der Waals surface area (Å²) in [6.45, 7) is 1.56. The lowest BCUT2D eigenvalue weighted by atomic mass is 9.98. The predicted octanol–water partition coefficient (Wildman–Crippen LogP) is 3.43. The molecule has 1 heterocycles. The molecule has 1 fully saturated rings.